The molecule has 2 saturated carbocycles. The standard InChI is InChI=1S/C25H35NO4/c1-12(2)9-18-25-15(5)16-8-7-13(3)20(16)22(28)23(25)24(6,30-18)11-17(29-25)21-14(4)10-19(27)26-21/h9-10,13,15-18,20-21,23H,7-8,11H2,1-6H3,(H,26,27)/t13-,15-,16-,17+,18+,20+,21-,23-,24-,25-/m0/s1. The van der Waals surface area contributed by atoms with Crippen molar-refractivity contribution in [2.75, 3.05) is 0 Å². The lowest BCUT2D eigenvalue weighted by Crippen LogP contribution is -2.69. The highest BCUT2D eigenvalue weighted by molar-refractivity contribution is 5.92. The molecule has 2 saturated heterocycles. The van der Waals surface area contributed by atoms with E-state index in [1.54, 1.807) is 6.08 Å². The summed E-state index contributed by atoms with van der Waals surface area (Å²) in [4.78, 5) is 26.0. The highest BCUT2D eigenvalue weighted by Crippen LogP contribution is 2.65. The number of allylic oxidation sites excluding steroid dienone is 1. The van der Waals surface area contributed by atoms with Gasteiger partial charge in [-0.15, -0.1) is 0 Å². The van der Waals surface area contributed by atoms with Gasteiger partial charge in [0.1, 0.15) is 17.5 Å². The van der Waals surface area contributed by atoms with E-state index in [1.165, 1.54) is 5.57 Å². The predicted molar refractivity (Wildman–Crippen MR) is 114 cm³/mol. The quantitative estimate of drug-likeness (QED) is 0.703. The van der Waals surface area contributed by atoms with Crippen LogP contribution < -0.4 is 5.32 Å². The number of ketones is 1. The van der Waals surface area contributed by atoms with Gasteiger partial charge < -0.3 is 14.8 Å². The Morgan fingerprint density at radius 1 is 1.20 bits per heavy atom. The van der Waals surface area contributed by atoms with Crippen LogP contribution in [-0.2, 0) is 19.1 Å². The third kappa shape index (κ3) is 2.54. The Morgan fingerprint density at radius 2 is 1.93 bits per heavy atom. The van der Waals surface area contributed by atoms with Crippen molar-refractivity contribution in [1.29, 1.82) is 0 Å². The predicted octanol–water partition coefficient (Wildman–Crippen LogP) is 3.58. The first-order chi connectivity index (χ1) is 14.1. The van der Waals surface area contributed by atoms with Crippen LogP contribution in [0.5, 0.6) is 0 Å². The van der Waals surface area contributed by atoms with Crippen LogP contribution >= 0.6 is 0 Å². The number of rotatable bonds is 2. The van der Waals surface area contributed by atoms with Gasteiger partial charge in [0.15, 0.2) is 0 Å². The Balaban J connectivity index is 1.63. The largest absolute Gasteiger partial charge is 0.365 e. The molecule has 2 bridgehead atoms. The Bertz CT molecular complexity index is 857. The Labute approximate surface area is 179 Å². The molecule has 5 rings (SSSR count). The molecule has 0 spiro atoms. The molecule has 2 aliphatic carbocycles. The van der Waals surface area contributed by atoms with Gasteiger partial charge in [-0.1, -0.05) is 25.5 Å². The molecule has 0 unspecified atom stereocenters. The number of carbonyl (C=O) groups excluding carboxylic acids is 2. The number of fused-ring (bicyclic) bond motifs is 1. The number of amides is 1. The fourth-order valence-electron chi connectivity index (χ4n) is 7.71. The molecule has 5 aliphatic rings. The van der Waals surface area contributed by atoms with Crippen molar-refractivity contribution < 1.29 is 19.1 Å². The van der Waals surface area contributed by atoms with Gasteiger partial charge in [-0.05, 0) is 63.9 Å². The number of Topliss-reactive ketones (excluding diaryl/α,β-unsaturated/α-hetero) is 1. The minimum atomic E-state index is -0.662. The molecule has 4 fully saturated rings. The van der Waals surface area contributed by atoms with Crippen molar-refractivity contribution in [2.45, 2.75) is 90.3 Å². The molecule has 5 heteroatoms. The zero-order valence-corrected chi connectivity index (χ0v) is 19.0. The second kappa shape index (κ2) is 6.52. The summed E-state index contributed by atoms with van der Waals surface area (Å²) >= 11 is 0. The molecular formula is C25H35NO4. The molecule has 164 valence electrons. The van der Waals surface area contributed by atoms with Crippen LogP contribution in [0.1, 0.15) is 60.8 Å². The molecular weight excluding hydrogens is 378 g/mol. The first-order valence-electron chi connectivity index (χ1n) is 11.6. The van der Waals surface area contributed by atoms with Gasteiger partial charge in [-0.3, -0.25) is 9.59 Å². The maximum Gasteiger partial charge on any atom is 0.244 e. The fraction of sp³-hybridized carbons (Fsp3) is 0.760. The Hall–Kier alpha value is -1.46. The van der Waals surface area contributed by atoms with Crippen LogP contribution in [-0.4, -0.2) is 41.1 Å². The third-order valence-electron chi connectivity index (χ3n) is 8.86. The van der Waals surface area contributed by atoms with Crippen molar-refractivity contribution in [1.82, 2.24) is 5.32 Å². The second-order valence-electron chi connectivity index (χ2n) is 11.1. The Morgan fingerprint density at radius 3 is 2.57 bits per heavy atom. The van der Waals surface area contributed by atoms with E-state index >= 15 is 0 Å². The summed E-state index contributed by atoms with van der Waals surface area (Å²) in [6, 6.07) is -0.147. The molecule has 0 aromatic carbocycles. The number of hydrogen-bond acceptors (Lipinski definition) is 4. The van der Waals surface area contributed by atoms with Gasteiger partial charge in [0.25, 0.3) is 0 Å². The van der Waals surface area contributed by atoms with Gasteiger partial charge in [0.2, 0.25) is 5.91 Å². The summed E-state index contributed by atoms with van der Waals surface area (Å²) in [5, 5.41) is 3.07. The number of ether oxygens (including phenoxy) is 2. The van der Waals surface area contributed by atoms with Crippen LogP contribution in [0.2, 0.25) is 0 Å². The Kier molecular flexibility index (Phi) is 4.44. The van der Waals surface area contributed by atoms with Gasteiger partial charge in [0.05, 0.1) is 23.7 Å². The third-order valence-corrected chi connectivity index (χ3v) is 8.86. The number of hydrogen-bond donors (Lipinski definition) is 1. The highest BCUT2D eigenvalue weighted by Gasteiger charge is 2.75. The molecule has 10 atom stereocenters. The van der Waals surface area contributed by atoms with Crippen molar-refractivity contribution in [3.63, 3.8) is 0 Å². The summed E-state index contributed by atoms with van der Waals surface area (Å²) in [5.41, 5.74) is 0.941. The highest BCUT2D eigenvalue weighted by atomic mass is 16.6. The van der Waals surface area contributed by atoms with Gasteiger partial charge in [0, 0.05) is 18.4 Å². The van der Waals surface area contributed by atoms with Crippen molar-refractivity contribution in [3.05, 3.63) is 23.3 Å². The van der Waals surface area contributed by atoms with E-state index in [-0.39, 0.29) is 41.9 Å². The number of nitrogens with one attached hydrogen (secondary N) is 1. The molecule has 1 amide bonds. The van der Waals surface area contributed by atoms with E-state index in [0.717, 1.165) is 18.4 Å². The van der Waals surface area contributed by atoms with Crippen molar-refractivity contribution in [3.8, 4) is 0 Å². The van der Waals surface area contributed by atoms with Crippen molar-refractivity contribution in [2.24, 2.45) is 29.6 Å². The molecule has 3 aliphatic heterocycles. The molecule has 5 nitrogen and oxygen atoms in total. The van der Waals surface area contributed by atoms with E-state index in [0.29, 0.717) is 24.0 Å². The van der Waals surface area contributed by atoms with E-state index in [1.807, 2.05) is 6.92 Å². The van der Waals surface area contributed by atoms with E-state index < -0.39 is 11.2 Å². The normalized spacial score (nSPS) is 51.9. The zero-order chi connectivity index (χ0) is 21.6. The molecule has 0 radical (unpaired) electrons. The monoisotopic (exact) mass is 413 g/mol. The smallest absolute Gasteiger partial charge is 0.244 e. The second-order valence-corrected chi connectivity index (χ2v) is 11.1. The van der Waals surface area contributed by atoms with Gasteiger partial charge >= 0.3 is 0 Å². The summed E-state index contributed by atoms with van der Waals surface area (Å²) in [6.07, 6.45) is 6.23. The van der Waals surface area contributed by atoms with Crippen LogP contribution in [0.4, 0.5) is 0 Å². The maximum atomic E-state index is 14.0. The molecule has 1 N–H and O–H groups in total. The zero-order valence-electron chi connectivity index (χ0n) is 19.0. The average Bonchev–Trinajstić information content (AvgIpc) is 3.23. The first kappa shape index (κ1) is 20.4. The average molecular weight is 414 g/mol. The first-order valence-corrected chi connectivity index (χ1v) is 11.6. The summed E-state index contributed by atoms with van der Waals surface area (Å²) < 4.78 is 13.8. The van der Waals surface area contributed by atoms with Gasteiger partial charge in [-0.2, -0.15) is 0 Å². The lowest BCUT2D eigenvalue weighted by Gasteiger charge is -2.56. The van der Waals surface area contributed by atoms with Crippen LogP contribution in [0.25, 0.3) is 0 Å². The van der Waals surface area contributed by atoms with Crippen molar-refractivity contribution >= 4 is 11.7 Å². The lowest BCUT2D eigenvalue weighted by atomic mass is 9.53. The SMILES string of the molecule is CC(C)=C[C@H]1O[C@@]2(C)C[C@H]([C@H]3NC(=O)C=C3C)O[C@]13[C@H]2C(=O)[C@H]1[C@@H](CC[C@@H]1C)[C@@H]3C. The van der Waals surface area contributed by atoms with E-state index in [4.69, 9.17) is 9.47 Å². The summed E-state index contributed by atoms with van der Waals surface area (Å²) in [6.45, 7) is 12.8. The minimum Gasteiger partial charge on any atom is -0.365 e. The van der Waals surface area contributed by atoms with E-state index in [9.17, 15) is 9.59 Å². The topological polar surface area (TPSA) is 64.6 Å². The van der Waals surface area contributed by atoms with Crippen LogP contribution in [0.15, 0.2) is 23.3 Å². The molecule has 30 heavy (non-hydrogen) atoms. The van der Waals surface area contributed by atoms with Crippen LogP contribution in [0.3, 0.4) is 0 Å². The van der Waals surface area contributed by atoms with Gasteiger partial charge in [-0.25, -0.2) is 0 Å². The minimum absolute atomic E-state index is 0.0579. The van der Waals surface area contributed by atoms with Crippen LogP contribution in [0, 0.1) is 29.6 Å². The fourth-order valence-corrected chi connectivity index (χ4v) is 7.71. The molecule has 3 heterocycles. The lowest BCUT2D eigenvalue weighted by molar-refractivity contribution is -0.217. The summed E-state index contributed by atoms with van der Waals surface area (Å²) in [5.74, 6) is 1.18. The number of carbonyl (C=O) groups is 2. The molecule has 0 aromatic rings. The van der Waals surface area contributed by atoms with E-state index in [2.05, 4.69) is 46.0 Å². The maximum absolute atomic E-state index is 14.0. The summed E-state index contributed by atoms with van der Waals surface area (Å²) in [7, 11) is 0. The molecule has 0 aromatic heterocycles.